The summed E-state index contributed by atoms with van der Waals surface area (Å²) in [5.74, 6) is 1.19. The van der Waals surface area contributed by atoms with Crippen LogP contribution in [-0.4, -0.2) is 6.10 Å². The zero-order valence-electron chi connectivity index (χ0n) is 11.4. The van der Waals surface area contributed by atoms with Crippen LogP contribution in [0.1, 0.15) is 5.56 Å². The Hall–Kier alpha value is -2.54. The third-order valence-electron chi connectivity index (χ3n) is 5.04. The van der Waals surface area contributed by atoms with Crippen LogP contribution in [0.5, 0.6) is 0 Å². The second-order valence-corrected chi connectivity index (χ2v) is 6.15. The smallest absolute Gasteiger partial charge is 0.178 e. The fourth-order valence-electron chi connectivity index (χ4n) is 4.06. The van der Waals surface area contributed by atoms with Gasteiger partial charge in [-0.1, -0.05) is 48.5 Å². The predicted octanol–water partition coefficient (Wildman–Crippen LogP) is 2.73. The molecule has 0 amide bonds. The lowest BCUT2D eigenvalue weighted by atomic mass is 9.85. The molecule has 0 spiro atoms. The molecule has 3 aliphatic rings. The normalized spacial score (nSPS) is 19.9. The van der Waals surface area contributed by atoms with Crippen molar-refractivity contribution in [2.75, 3.05) is 0 Å². The number of benzene rings is 3. The lowest BCUT2D eigenvalue weighted by Gasteiger charge is -2.19. The zero-order valence-corrected chi connectivity index (χ0v) is 11.4. The van der Waals surface area contributed by atoms with Crippen molar-refractivity contribution in [3.63, 3.8) is 0 Å². The first-order valence-corrected chi connectivity index (χ1v) is 7.45. The van der Waals surface area contributed by atoms with Crippen LogP contribution in [-0.2, 0) is 11.2 Å². The minimum Gasteiger partial charge on any atom is -0.477 e. The van der Waals surface area contributed by atoms with E-state index in [4.69, 9.17) is 4.74 Å². The fraction of sp³-hybridized carbons (Fsp3) is 0.100. The number of epoxide rings is 1. The highest BCUT2D eigenvalue weighted by Crippen LogP contribution is 2.42. The SMILES string of the molecule is c1cc2c3c(c1)=C1OC1C=3Cc1cc3ccccc3cc1-2. The lowest BCUT2D eigenvalue weighted by Crippen LogP contribution is -2.30. The summed E-state index contributed by atoms with van der Waals surface area (Å²) in [5.41, 5.74) is 5.69. The maximum atomic E-state index is 5.75. The summed E-state index contributed by atoms with van der Waals surface area (Å²) in [4.78, 5) is 0. The van der Waals surface area contributed by atoms with E-state index >= 15 is 0 Å². The molecule has 1 aliphatic heterocycles. The Morgan fingerprint density at radius 3 is 2.62 bits per heavy atom. The number of ether oxygens (including phenoxy) is 1. The van der Waals surface area contributed by atoms with Crippen molar-refractivity contribution >= 4 is 22.1 Å². The Morgan fingerprint density at radius 2 is 1.71 bits per heavy atom. The number of hydrogen-bond acceptors (Lipinski definition) is 1. The van der Waals surface area contributed by atoms with Gasteiger partial charge in [0.25, 0.3) is 0 Å². The van der Waals surface area contributed by atoms with Crippen molar-refractivity contribution in [3.05, 3.63) is 70.6 Å². The summed E-state index contributed by atoms with van der Waals surface area (Å²) in [6, 6.07) is 20.0. The van der Waals surface area contributed by atoms with E-state index in [0.29, 0.717) is 0 Å². The molecular weight excluding hydrogens is 256 g/mol. The molecule has 1 unspecified atom stereocenters. The van der Waals surface area contributed by atoms with Crippen LogP contribution in [0.15, 0.2) is 54.6 Å². The minimum absolute atomic E-state index is 0.278. The zero-order chi connectivity index (χ0) is 13.6. The van der Waals surface area contributed by atoms with E-state index in [9.17, 15) is 0 Å². The Labute approximate surface area is 121 Å². The summed E-state index contributed by atoms with van der Waals surface area (Å²) in [7, 11) is 0. The monoisotopic (exact) mass is 268 g/mol. The second kappa shape index (κ2) is 3.20. The summed E-state index contributed by atoms with van der Waals surface area (Å²) in [5, 5.41) is 5.43. The molecule has 1 saturated heterocycles. The van der Waals surface area contributed by atoms with Gasteiger partial charge in [-0.05, 0) is 50.7 Å². The van der Waals surface area contributed by atoms with Gasteiger partial charge < -0.3 is 4.74 Å². The van der Waals surface area contributed by atoms with E-state index in [1.807, 2.05) is 0 Å². The van der Waals surface area contributed by atoms with E-state index in [0.717, 1.165) is 6.42 Å². The van der Waals surface area contributed by atoms with Crippen molar-refractivity contribution in [1.29, 1.82) is 0 Å². The maximum absolute atomic E-state index is 5.75. The largest absolute Gasteiger partial charge is 0.477 e. The van der Waals surface area contributed by atoms with Gasteiger partial charge in [-0.3, -0.25) is 0 Å². The molecule has 3 aromatic carbocycles. The van der Waals surface area contributed by atoms with E-state index in [1.165, 1.54) is 49.2 Å². The van der Waals surface area contributed by atoms with Gasteiger partial charge in [0.2, 0.25) is 0 Å². The number of rotatable bonds is 0. The van der Waals surface area contributed by atoms with Crippen LogP contribution >= 0.6 is 0 Å². The van der Waals surface area contributed by atoms with Gasteiger partial charge in [0.05, 0.1) is 0 Å². The molecule has 0 aromatic heterocycles. The molecule has 6 rings (SSSR count). The van der Waals surface area contributed by atoms with Crippen LogP contribution in [0.3, 0.4) is 0 Å². The topological polar surface area (TPSA) is 12.5 Å². The molecule has 0 saturated carbocycles. The first-order chi connectivity index (χ1) is 10.4. The molecule has 21 heavy (non-hydrogen) atoms. The average molecular weight is 268 g/mol. The molecule has 98 valence electrons. The van der Waals surface area contributed by atoms with Gasteiger partial charge in [0.1, 0.15) is 0 Å². The molecule has 0 N–H and O–H groups in total. The van der Waals surface area contributed by atoms with E-state index < -0.39 is 0 Å². The first kappa shape index (κ1) is 10.2. The summed E-state index contributed by atoms with van der Waals surface area (Å²) >= 11 is 0. The molecule has 0 bridgehead atoms. The van der Waals surface area contributed by atoms with E-state index in [-0.39, 0.29) is 6.10 Å². The van der Waals surface area contributed by atoms with Gasteiger partial charge in [0, 0.05) is 5.22 Å². The molecule has 3 aromatic rings. The van der Waals surface area contributed by atoms with Crippen LogP contribution in [0.25, 0.3) is 33.2 Å². The van der Waals surface area contributed by atoms with Gasteiger partial charge in [0.15, 0.2) is 11.9 Å². The molecule has 1 heterocycles. The molecule has 1 atom stereocenters. The van der Waals surface area contributed by atoms with Gasteiger partial charge in [-0.25, -0.2) is 0 Å². The Morgan fingerprint density at radius 1 is 0.857 bits per heavy atom. The Balaban J connectivity index is 1.79. The molecule has 2 aliphatic carbocycles. The minimum atomic E-state index is 0.278. The summed E-state index contributed by atoms with van der Waals surface area (Å²) < 4.78 is 5.75. The third kappa shape index (κ3) is 1.14. The first-order valence-electron chi connectivity index (χ1n) is 7.45. The van der Waals surface area contributed by atoms with Crippen LogP contribution in [0, 0.1) is 0 Å². The Bertz CT molecular complexity index is 1090. The molecule has 1 heteroatoms. The van der Waals surface area contributed by atoms with Crippen LogP contribution in [0.2, 0.25) is 0 Å². The van der Waals surface area contributed by atoms with Crippen molar-refractivity contribution in [3.8, 4) is 11.1 Å². The average Bonchev–Trinajstić information content (AvgIpc) is 3.26. The van der Waals surface area contributed by atoms with Crippen molar-refractivity contribution in [2.24, 2.45) is 0 Å². The summed E-state index contributed by atoms with van der Waals surface area (Å²) in [6.07, 6.45) is 1.30. The van der Waals surface area contributed by atoms with Crippen LogP contribution in [0.4, 0.5) is 0 Å². The van der Waals surface area contributed by atoms with E-state index in [1.54, 1.807) is 0 Å². The molecule has 0 radical (unpaired) electrons. The van der Waals surface area contributed by atoms with Crippen molar-refractivity contribution in [1.82, 2.24) is 0 Å². The highest BCUT2D eigenvalue weighted by atomic mass is 16.6. The van der Waals surface area contributed by atoms with Gasteiger partial charge in [-0.2, -0.15) is 0 Å². The fourth-order valence-corrected chi connectivity index (χ4v) is 4.06. The number of fused-ring (bicyclic) bond motifs is 5. The van der Waals surface area contributed by atoms with Gasteiger partial charge in [-0.15, -0.1) is 0 Å². The highest BCUT2D eigenvalue weighted by molar-refractivity contribution is 5.94. The quantitative estimate of drug-likeness (QED) is 0.571. The Kier molecular flexibility index (Phi) is 1.56. The molecule has 1 nitrogen and oxygen atoms in total. The molecular formula is C20H12O. The highest BCUT2D eigenvalue weighted by Gasteiger charge is 2.43. The maximum Gasteiger partial charge on any atom is 0.178 e. The van der Waals surface area contributed by atoms with Gasteiger partial charge >= 0.3 is 0 Å². The standard InChI is InChI=1S/C20H12O/c1-2-5-12-9-16-13(8-11(12)4-1)10-17-18-14(16)6-3-7-15(18)19-20(17)21-19/h1-9,20H,10H2. The van der Waals surface area contributed by atoms with Crippen molar-refractivity contribution < 1.29 is 4.74 Å². The molecule has 1 fully saturated rings. The van der Waals surface area contributed by atoms with Crippen LogP contribution < -0.4 is 10.4 Å². The third-order valence-corrected chi connectivity index (χ3v) is 5.04. The summed E-state index contributed by atoms with van der Waals surface area (Å²) in [6.45, 7) is 0. The number of hydrogen-bond donors (Lipinski definition) is 0. The second-order valence-electron chi connectivity index (χ2n) is 6.15. The lowest BCUT2D eigenvalue weighted by molar-refractivity contribution is 0.483. The van der Waals surface area contributed by atoms with E-state index in [2.05, 4.69) is 54.6 Å². The predicted molar refractivity (Wildman–Crippen MR) is 84.0 cm³/mol. The van der Waals surface area contributed by atoms with Crippen molar-refractivity contribution in [2.45, 2.75) is 12.5 Å².